The molecule has 3 aromatic heterocycles. The van der Waals surface area contributed by atoms with Crippen LogP contribution in [0, 0.1) is 12.7 Å². The zero-order valence-electron chi connectivity index (χ0n) is 17.6. The number of pyridine rings is 1. The van der Waals surface area contributed by atoms with Gasteiger partial charge < -0.3 is 15.4 Å². The van der Waals surface area contributed by atoms with Crippen LogP contribution >= 0.6 is 0 Å². The molecule has 1 amide bonds. The summed E-state index contributed by atoms with van der Waals surface area (Å²) in [4.78, 5) is 21.6. The SMILES string of the molecule is Cc1ccccc1-c1cn2ncc3c2nc1NCc1cc(F)cnc1O[C@@H](C)CNC3=O. The fraction of sp³-hybridized carbons (Fsp3) is 0.217. The van der Waals surface area contributed by atoms with E-state index in [0.717, 1.165) is 22.9 Å². The van der Waals surface area contributed by atoms with Crippen molar-refractivity contribution in [2.75, 3.05) is 11.9 Å². The Labute approximate surface area is 183 Å². The lowest BCUT2D eigenvalue weighted by molar-refractivity contribution is 0.0932. The summed E-state index contributed by atoms with van der Waals surface area (Å²) in [6.07, 6.45) is 4.08. The van der Waals surface area contributed by atoms with Gasteiger partial charge in [0.25, 0.3) is 5.91 Å². The summed E-state index contributed by atoms with van der Waals surface area (Å²) in [6.45, 7) is 4.30. The van der Waals surface area contributed by atoms with Gasteiger partial charge in [0.1, 0.15) is 23.3 Å². The Bertz CT molecular complexity index is 1340. The Morgan fingerprint density at radius 2 is 2.00 bits per heavy atom. The molecule has 8 nitrogen and oxygen atoms in total. The van der Waals surface area contributed by atoms with Crippen LogP contribution in [0.25, 0.3) is 16.8 Å². The van der Waals surface area contributed by atoms with E-state index in [9.17, 15) is 9.18 Å². The molecule has 1 aliphatic heterocycles. The van der Waals surface area contributed by atoms with Crippen LogP contribution in [-0.4, -0.2) is 38.1 Å². The Morgan fingerprint density at radius 3 is 2.84 bits per heavy atom. The Kier molecular flexibility index (Phi) is 4.93. The molecule has 2 bridgehead atoms. The van der Waals surface area contributed by atoms with Gasteiger partial charge in [-0.1, -0.05) is 24.3 Å². The monoisotopic (exact) mass is 432 g/mol. The third kappa shape index (κ3) is 3.62. The lowest BCUT2D eigenvalue weighted by Crippen LogP contribution is -2.33. The number of amides is 1. The van der Waals surface area contributed by atoms with Gasteiger partial charge in [-0.3, -0.25) is 4.79 Å². The highest BCUT2D eigenvalue weighted by atomic mass is 19.1. The number of carbonyl (C=O) groups is 1. The quantitative estimate of drug-likeness (QED) is 0.479. The highest BCUT2D eigenvalue weighted by Crippen LogP contribution is 2.31. The second kappa shape index (κ2) is 7.92. The minimum absolute atomic E-state index is 0.236. The highest BCUT2D eigenvalue weighted by Gasteiger charge is 2.21. The van der Waals surface area contributed by atoms with E-state index in [2.05, 4.69) is 20.7 Å². The van der Waals surface area contributed by atoms with Gasteiger partial charge in [0.2, 0.25) is 5.88 Å². The second-order valence-electron chi connectivity index (χ2n) is 7.75. The summed E-state index contributed by atoms with van der Waals surface area (Å²) in [5.74, 6) is 0.0920. The van der Waals surface area contributed by atoms with Crippen molar-refractivity contribution in [3.63, 3.8) is 0 Å². The first-order valence-corrected chi connectivity index (χ1v) is 10.3. The molecule has 1 atom stereocenters. The number of ether oxygens (including phenoxy) is 1. The van der Waals surface area contributed by atoms with Crippen molar-refractivity contribution in [2.24, 2.45) is 0 Å². The van der Waals surface area contributed by atoms with E-state index >= 15 is 0 Å². The molecule has 32 heavy (non-hydrogen) atoms. The van der Waals surface area contributed by atoms with E-state index in [1.165, 1.54) is 12.3 Å². The molecule has 2 N–H and O–H groups in total. The summed E-state index contributed by atoms with van der Waals surface area (Å²) in [7, 11) is 0. The maximum atomic E-state index is 14.0. The van der Waals surface area contributed by atoms with E-state index < -0.39 is 5.82 Å². The Hall–Kier alpha value is -4.01. The van der Waals surface area contributed by atoms with Crippen LogP contribution in [0.3, 0.4) is 0 Å². The Morgan fingerprint density at radius 1 is 1.16 bits per heavy atom. The van der Waals surface area contributed by atoms with Crippen molar-refractivity contribution >= 4 is 17.4 Å². The van der Waals surface area contributed by atoms with Crippen LogP contribution in [0.1, 0.15) is 28.4 Å². The minimum atomic E-state index is -0.458. The van der Waals surface area contributed by atoms with Crippen LogP contribution in [-0.2, 0) is 6.54 Å². The lowest BCUT2D eigenvalue weighted by Gasteiger charge is -2.17. The normalized spacial score (nSPS) is 16.2. The molecule has 9 heteroatoms. The van der Waals surface area contributed by atoms with Crippen molar-refractivity contribution in [2.45, 2.75) is 26.5 Å². The first kappa shape index (κ1) is 19.9. The molecule has 0 radical (unpaired) electrons. The summed E-state index contributed by atoms with van der Waals surface area (Å²) >= 11 is 0. The summed E-state index contributed by atoms with van der Waals surface area (Å²) in [5.41, 5.74) is 4.17. The van der Waals surface area contributed by atoms with Crippen molar-refractivity contribution in [3.8, 4) is 17.0 Å². The van der Waals surface area contributed by atoms with E-state index in [1.807, 2.05) is 44.3 Å². The third-order valence-corrected chi connectivity index (χ3v) is 5.37. The number of aryl methyl sites for hydroxylation is 1. The van der Waals surface area contributed by atoms with Crippen LogP contribution in [0.5, 0.6) is 5.88 Å². The predicted octanol–water partition coefficient (Wildman–Crippen LogP) is 3.36. The number of anilines is 1. The number of hydrogen-bond donors (Lipinski definition) is 2. The molecule has 0 aliphatic carbocycles. The van der Waals surface area contributed by atoms with Crippen LogP contribution < -0.4 is 15.4 Å². The molecule has 0 saturated heterocycles. The van der Waals surface area contributed by atoms with Gasteiger partial charge in [-0.15, -0.1) is 0 Å². The number of carbonyl (C=O) groups excluding carboxylic acids is 1. The van der Waals surface area contributed by atoms with Gasteiger partial charge in [-0.25, -0.2) is 18.9 Å². The average Bonchev–Trinajstić information content (AvgIpc) is 3.20. The third-order valence-electron chi connectivity index (χ3n) is 5.37. The van der Waals surface area contributed by atoms with Crippen molar-refractivity contribution in [3.05, 3.63) is 71.4 Å². The average molecular weight is 432 g/mol. The number of rotatable bonds is 1. The van der Waals surface area contributed by atoms with Crippen LogP contribution in [0.15, 0.2) is 48.9 Å². The van der Waals surface area contributed by atoms with Gasteiger partial charge in [0.05, 0.1) is 18.9 Å². The molecule has 4 aromatic rings. The predicted molar refractivity (Wildman–Crippen MR) is 117 cm³/mol. The maximum absolute atomic E-state index is 14.0. The van der Waals surface area contributed by atoms with Crippen molar-refractivity contribution in [1.29, 1.82) is 0 Å². The number of nitrogens with zero attached hydrogens (tertiary/aromatic N) is 4. The van der Waals surface area contributed by atoms with E-state index in [1.54, 1.807) is 4.52 Å². The second-order valence-corrected chi connectivity index (χ2v) is 7.75. The number of hydrogen-bond acceptors (Lipinski definition) is 6. The number of nitrogens with one attached hydrogen (secondary N) is 2. The fourth-order valence-electron chi connectivity index (χ4n) is 3.72. The summed E-state index contributed by atoms with van der Waals surface area (Å²) in [6, 6.07) is 9.31. The number of aromatic nitrogens is 4. The molecule has 4 heterocycles. The molecular formula is C23H21FN6O2. The van der Waals surface area contributed by atoms with Gasteiger partial charge in [0, 0.05) is 23.9 Å². The number of fused-ring (bicyclic) bond motifs is 2. The van der Waals surface area contributed by atoms with Crippen molar-refractivity contribution in [1.82, 2.24) is 24.9 Å². The molecule has 162 valence electrons. The maximum Gasteiger partial charge on any atom is 0.256 e. The molecule has 1 aliphatic rings. The van der Waals surface area contributed by atoms with Crippen LogP contribution in [0.2, 0.25) is 0 Å². The summed E-state index contributed by atoms with van der Waals surface area (Å²) < 4.78 is 21.4. The van der Waals surface area contributed by atoms with Crippen molar-refractivity contribution < 1.29 is 13.9 Å². The van der Waals surface area contributed by atoms with Gasteiger partial charge in [-0.2, -0.15) is 5.10 Å². The molecular weight excluding hydrogens is 411 g/mol. The first-order chi connectivity index (χ1) is 15.5. The lowest BCUT2D eigenvalue weighted by atomic mass is 10.0. The summed E-state index contributed by atoms with van der Waals surface area (Å²) in [5, 5.41) is 10.5. The number of halogens is 1. The first-order valence-electron chi connectivity index (χ1n) is 10.3. The minimum Gasteiger partial charge on any atom is -0.473 e. The molecule has 5 rings (SSSR count). The van der Waals surface area contributed by atoms with Gasteiger partial charge in [0.15, 0.2) is 5.65 Å². The molecule has 0 fully saturated rings. The standard InChI is InChI=1S/C23H21FN6O2/c1-13-5-3-4-6-17(13)19-12-30-21-18(11-28-30)22(31)26-8-14(2)32-23-15(7-16(24)10-27-23)9-25-20(19)29-21/h3-7,10-12,14H,8-9H2,1-2H3,(H,25,29)(H,26,31)/t14-/m0/s1. The smallest absolute Gasteiger partial charge is 0.256 e. The highest BCUT2D eigenvalue weighted by molar-refractivity contribution is 6.00. The Balaban J connectivity index is 1.68. The van der Waals surface area contributed by atoms with E-state index in [0.29, 0.717) is 28.5 Å². The number of benzene rings is 1. The van der Waals surface area contributed by atoms with E-state index in [4.69, 9.17) is 9.72 Å². The van der Waals surface area contributed by atoms with Gasteiger partial charge in [-0.05, 0) is 31.0 Å². The molecule has 1 aromatic carbocycles. The van der Waals surface area contributed by atoms with Crippen LogP contribution in [0.4, 0.5) is 10.2 Å². The topological polar surface area (TPSA) is 93.4 Å². The molecule has 0 saturated carbocycles. The zero-order chi connectivity index (χ0) is 22.2. The molecule has 0 spiro atoms. The fourth-order valence-corrected chi connectivity index (χ4v) is 3.72. The molecule has 0 unspecified atom stereocenters. The largest absolute Gasteiger partial charge is 0.473 e. The van der Waals surface area contributed by atoms with Gasteiger partial charge >= 0.3 is 0 Å². The van der Waals surface area contributed by atoms with E-state index in [-0.39, 0.29) is 25.1 Å². The zero-order valence-corrected chi connectivity index (χ0v) is 17.6.